The Hall–Kier alpha value is -1.91. The predicted molar refractivity (Wildman–Crippen MR) is 81.0 cm³/mol. The summed E-state index contributed by atoms with van der Waals surface area (Å²) >= 11 is 0. The van der Waals surface area contributed by atoms with Gasteiger partial charge in [-0.25, -0.2) is 0 Å². The van der Waals surface area contributed by atoms with Gasteiger partial charge in [0.05, 0.1) is 6.61 Å². The van der Waals surface area contributed by atoms with Gasteiger partial charge in [0.25, 0.3) is 0 Å². The standard InChI is InChI=1S/C15H23N3O2/c1-3-20-14-9-12(16)8-13(10-14)18-6-4-11(5-7-18)15(19)17-2/h8-11H,3-7,16H2,1-2H3,(H,17,19). The van der Waals surface area contributed by atoms with E-state index in [0.29, 0.717) is 12.3 Å². The smallest absolute Gasteiger partial charge is 0.222 e. The third kappa shape index (κ3) is 3.35. The molecule has 2 rings (SSSR count). The van der Waals surface area contributed by atoms with Crippen molar-refractivity contribution in [3.8, 4) is 5.75 Å². The molecule has 0 saturated carbocycles. The number of ether oxygens (including phenoxy) is 1. The number of rotatable bonds is 4. The lowest BCUT2D eigenvalue weighted by Crippen LogP contribution is -2.39. The fraction of sp³-hybridized carbons (Fsp3) is 0.533. The van der Waals surface area contributed by atoms with Crippen LogP contribution in [0.2, 0.25) is 0 Å². The number of nitrogens with two attached hydrogens (primary N) is 1. The highest BCUT2D eigenvalue weighted by molar-refractivity contribution is 5.78. The molecule has 5 nitrogen and oxygen atoms in total. The number of nitrogens with one attached hydrogen (secondary N) is 1. The van der Waals surface area contributed by atoms with Crippen LogP contribution in [0, 0.1) is 5.92 Å². The van der Waals surface area contributed by atoms with Gasteiger partial charge in [0, 0.05) is 49.6 Å². The van der Waals surface area contributed by atoms with Gasteiger partial charge in [-0.2, -0.15) is 0 Å². The van der Waals surface area contributed by atoms with Gasteiger partial charge in [-0.3, -0.25) is 4.79 Å². The van der Waals surface area contributed by atoms with Crippen LogP contribution in [0.1, 0.15) is 19.8 Å². The topological polar surface area (TPSA) is 67.6 Å². The minimum absolute atomic E-state index is 0.128. The first-order valence-electron chi connectivity index (χ1n) is 7.14. The van der Waals surface area contributed by atoms with Crippen LogP contribution in [0.5, 0.6) is 5.75 Å². The Morgan fingerprint density at radius 2 is 2.10 bits per heavy atom. The quantitative estimate of drug-likeness (QED) is 0.821. The van der Waals surface area contributed by atoms with Crippen LogP contribution in [-0.2, 0) is 4.79 Å². The number of carbonyl (C=O) groups excluding carboxylic acids is 1. The summed E-state index contributed by atoms with van der Waals surface area (Å²) in [5.74, 6) is 1.08. The zero-order valence-electron chi connectivity index (χ0n) is 12.2. The highest BCUT2D eigenvalue weighted by atomic mass is 16.5. The normalized spacial score (nSPS) is 16.0. The first-order valence-corrected chi connectivity index (χ1v) is 7.14. The number of nitrogen functional groups attached to an aromatic ring is 1. The Labute approximate surface area is 120 Å². The van der Waals surface area contributed by atoms with Gasteiger partial charge in [0.1, 0.15) is 5.75 Å². The third-order valence-corrected chi connectivity index (χ3v) is 3.70. The van der Waals surface area contributed by atoms with Gasteiger partial charge in [-0.15, -0.1) is 0 Å². The summed E-state index contributed by atoms with van der Waals surface area (Å²) in [5, 5.41) is 2.73. The second kappa shape index (κ2) is 6.50. The molecule has 0 atom stereocenters. The maximum absolute atomic E-state index is 11.6. The molecule has 1 saturated heterocycles. The fourth-order valence-electron chi connectivity index (χ4n) is 2.64. The molecule has 5 heteroatoms. The van der Waals surface area contributed by atoms with E-state index in [1.807, 2.05) is 25.1 Å². The second-order valence-electron chi connectivity index (χ2n) is 5.07. The lowest BCUT2D eigenvalue weighted by atomic mass is 9.95. The number of benzene rings is 1. The van der Waals surface area contributed by atoms with Crippen molar-refractivity contribution in [2.24, 2.45) is 5.92 Å². The van der Waals surface area contributed by atoms with Crippen LogP contribution in [0.15, 0.2) is 18.2 Å². The molecule has 1 heterocycles. The number of hydrogen-bond donors (Lipinski definition) is 2. The molecule has 0 aromatic heterocycles. The molecule has 3 N–H and O–H groups in total. The number of amides is 1. The van der Waals surface area contributed by atoms with E-state index < -0.39 is 0 Å². The maximum atomic E-state index is 11.6. The summed E-state index contributed by atoms with van der Waals surface area (Å²) < 4.78 is 5.52. The molecule has 1 aromatic carbocycles. The van der Waals surface area contributed by atoms with Crippen molar-refractivity contribution in [1.82, 2.24) is 5.32 Å². The molecule has 0 spiro atoms. The number of hydrogen-bond acceptors (Lipinski definition) is 4. The average molecular weight is 277 g/mol. The first-order chi connectivity index (χ1) is 9.63. The minimum Gasteiger partial charge on any atom is -0.494 e. The van der Waals surface area contributed by atoms with Gasteiger partial charge in [-0.05, 0) is 25.8 Å². The zero-order valence-corrected chi connectivity index (χ0v) is 12.2. The zero-order chi connectivity index (χ0) is 14.5. The highest BCUT2D eigenvalue weighted by Gasteiger charge is 2.24. The van der Waals surface area contributed by atoms with Gasteiger partial charge < -0.3 is 20.7 Å². The van der Waals surface area contributed by atoms with Crippen LogP contribution < -0.4 is 20.7 Å². The van der Waals surface area contributed by atoms with Gasteiger partial charge >= 0.3 is 0 Å². The Kier molecular flexibility index (Phi) is 4.71. The molecular weight excluding hydrogens is 254 g/mol. The second-order valence-corrected chi connectivity index (χ2v) is 5.07. The predicted octanol–water partition coefficient (Wildman–Crippen LogP) is 1.63. The van der Waals surface area contributed by atoms with E-state index in [-0.39, 0.29) is 11.8 Å². The Balaban J connectivity index is 2.04. The molecule has 0 unspecified atom stereocenters. The minimum atomic E-state index is 0.128. The van der Waals surface area contributed by atoms with E-state index in [9.17, 15) is 4.79 Å². The average Bonchev–Trinajstić information content (AvgIpc) is 2.46. The van der Waals surface area contributed by atoms with E-state index in [0.717, 1.165) is 37.4 Å². The Bertz CT molecular complexity index is 468. The summed E-state index contributed by atoms with van der Waals surface area (Å²) in [6.45, 7) is 4.32. The van der Waals surface area contributed by atoms with Gasteiger partial charge in [0.2, 0.25) is 5.91 Å². The van der Waals surface area contributed by atoms with Crippen LogP contribution in [0.4, 0.5) is 11.4 Å². The first kappa shape index (κ1) is 14.5. The van der Waals surface area contributed by atoms with Crippen molar-refractivity contribution < 1.29 is 9.53 Å². The van der Waals surface area contributed by atoms with Crippen molar-refractivity contribution in [1.29, 1.82) is 0 Å². The van der Waals surface area contributed by atoms with Crippen molar-refractivity contribution in [2.45, 2.75) is 19.8 Å². The SMILES string of the molecule is CCOc1cc(N)cc(N2CCC(C(=O)NC)CC2)c1. The lowest BCUT2D eigenvalue weighted by molar-refractivity contribution is -0.125. The molecule has 1 aromatic rings. The van der Waals surface area contributed by atoms with E-state index in [1.54, 1.807) is 7.05 Å². The van der Waals surface area contributed by atoms with E-state index >= 15 is 0 Å². The van der Waals surface area contributed by atoms with Crippen LogP contribution in [0.3, 0.4) is 0 Å². The monoisotopic (exact) mass is 277 g/mol. The molecule has 1 aliphatic rings. The van der Waals surface area contributed by atoms with Crippen LogP contribution in [0.25, 0.3) is 0 Å². The summed E-state index contributed by atoms with van der Waals surface area (Å²) in [6, 6.07) is 5.81. The molecule has 1 amide bonds. The summed E-state index contributed by atoms with van der Waals surface area (Å²) in [5.41, 5.74) is 7.70. The summed E-state index contributed by atoms with van der Waals surface area (Å²) in [4.78, 5) is 13.9. The Morgan fingerprint density at radius 1 is 1.40 bits per heavy atom. The third-order valence-electron chi connectivity index (χ3n) is 3.70. The maximum Gasteiger partial charge on any atom is 0.222 e. The van der Waals surface area contributed by atoms with E-state index in [1.165, 1.54) is 0 Å². The van der Waals surface area contributed by atoms with E-state index in [2.05, 4.69) is 10.2 Å². The number of carbonyl (C=O) groups is 1. The summed E-state index contributed by atoms with van der Waals surface area (Å²) in [7, 11) is 1.70. The number of nitrogens with zero attached hydrogens (tertiary/aromatic N) is 1. The molecular formula is C15H23N3O2. The lowest BCUT2D eigenvalue weighted by Gasteiger charge is -2.33. The largest absolute Gasteiger partial charge is 0.494 e. The molecule has 1 aliphatic heterocycles. The number of anilines is 2. The Morgan fingerprint density at radius 3 is 2.70 bits per heavy atom. The van der Waals surface area contributed by atoms with Gasteiger partial charge in [0.15, 0.2) is 0 Å². The molecule has 1 fully saturated rings. The van der Waals surface area contributed by atoms with Gasteiger partial charge in [-0.1, -0.05) is 0 Å². The van der Waals surface area contributed by atoms with Crippen molar-refractivity contribution in [3.05, 3.63) is 18.2 Å². The molecule has 110 valence electrons. The molecule has 0 bridgehead atoms. The van der Waals surface area contributed by atoms with Crippen LogP contribution >= 0.6 is 0 Å². The van der Waals surface area contributed by atoms with Crippen molar-refractivity contribution in [2.75, 3.05) is 37.4 Å². The highest BCUT2D eigenvalue weighted by Crippen LogP contribution is 2.29. The summed E-state index contributed by atoms with van der Waals surface area (Å²) in [6.07, 6.45) is 1.75. The molecule has 0 radical (unpaired) electrons. The number of piperidine rings is 1. The van der Waals surface area contributed by atoms with Crippen molar-refractivity contribution >= 4 is 17.3 Å². The van der Waals surface area contributed by atoms with Crippen molar-refractivity contribution in [3.63, 3.8) is 0 Å². The fourth-order valence-corrected chi connectivity index (χ4v) is 2.64. The molecule has 0 aliphatic carbocycles. The van der Waals surface area contributed by atoms with Crippen LogP contribution in [-0.4, -0.2) is 32.7 Å². The van der Waals surface area contributed by atoms with E-state index in [4.69, 9.17) is 10.5 Å². The molecule has 20 heavy (non-hydrogen) atoms.